The van der Waals surface area contributed by atoms with E-state index in [0.717, 1.165) is 0 Å². The van der Waals surface area contributed by atoms with Crippen LogP contribution >= 0.6 is 0 Å². The molecule has 1 aliphatic rings. The lowest BCUT2D eigenvalue weighted by atomic mass is 10.1. The van der Waals surface area contributed by atoms with Gasteiger partial charge in [0.05, 0.1) is 18.3 Å². The van der Waals surface area contributed by atoms with Crippen LogP contribution < -0.4 is 21.1 Å². The Bertz CT molecular complexity index is 478. The van der Waals surface area contributed by atoms with Crippen LogP contribution in [0.5, 0.6) is 5.75 Å². The van der Waals surface area contributed by atoms with Gasteiger partial charge in [-0.05, 0) is 38.1 Å². The second-order valence-electron chi connectivity index (χ2n) is 4.67. The van der Waals surface area contributed by atoms with E-state index < -0.39 is 12.2 Å². The van der Waals surface area contributed by atoms with Gasteiger partial charge in [-0.2, -0.15) is 0 Å². The highest BCUT2D eigenvalue weighted by molar-refractivity contribution is 6.00. The number of nitrogens with zero attached hydrogens (tertiary/aromatic N) is 1. The number of carbonyl (C=O) groups excluding carboxylic acids is 1. The molecular formula is C13H19N3O3. The van der Waals surface area contributed by atoms with Gasteiger partial charge in [0.15, 0.2) is 6.10 Å². The number of anilines is 2. The summed E-state index contributed by atoms with van der Waals surface area (Å²) in [7, 11) is 0. The summed E-state index contributed by atoms with van der Waals surface area (Å²) in [6, 6.07) is 5.13. The summed E-state index contributed by atoms with van der Waals surface area (Å²) >= 11 is 0. The normalized spacial score (nSPS) is 19.8. The van der Waals surface area contributed by atoms with E-state index in [1.54, 1.807) is 25.1 Å². The number of nitrogens with two attached hydrogens (primary N) is 2. The van der Waals surface area contributed by atoms with E-state index in [1.807, 2.05) is 0 Å². The minimum Gasteiger partial charge on any atom is -0.479 e. The summed E-state index contributed by atoms with van der Waals surface area (Å²) in [4.78, 5) is 13.7. The molecule has 104 valence electrons. The molecule has 2 unspecified atom stereocenters. The predicted octanol–water partition coefficient (Wildman–Crippen LogP) is 0.0924. The third kappa shape index (κ3) is 2.80. The smallest absolute Gasteiger partial charge is 0.267 e. The topological polar surface area (TPSA) is 102 Å². The molecule has 0 aliphatic carbocycles. The molecule has 0 spiro atoms. The fourth-order valence-corrected chi connectivity index (χ4v) is 2.11. The Kier molecular flexibility index (Phi) is 3.92. The number of nitrogen functional groups attached to an aromatic ring is 1. The van der Waals surface area contributed by atoms with Crippen molar-refractivity contribution in [2.75, 3.05) is 23.7 Å². The molecule has 0 bridgehead atoms. The van der Waals surface area contributed by atoms with E-state index in [-0.39, 0.29) is 12.5 Å². The van der Waals surface area contributed by atoms with Gasteiger partial charge in [-0.25, -0.2) is 0 Å². The molecule has 6 heteroatoms. The summed E-state index contributed by atoms with van der Waals surface area (Å²) in [6.07, 6.45) is -0.786. The molecule has 19 heavy (non-hydrogen) atoms. The third-order valence-corrected chi connectivity index (χ3v) is 3.08. The number of ether oxygens (including phenoxy) is 1. The predicted molar refractivity (Wildman–Crippen MR) is 73.0 cm³/mol. The largest absolute Gasteiger partial charge is 0.479 e. The summed E-state index contributed by atoms with van der Waals surface area (Å²) in [5, 5.41) is 9.85. The van der Waals surface area contributed by atoms with Gasteiger partial charge in [0.2, 0.25) is 0 Å². The van der Waals surface area contributed by atoms with Crippen LogP contribution in [0.4, 0.5) is 11.4 Å². The van der Waals surface area contributed by atoms with Gasteiger partial charge in [-0.3, -0.25) is 4.79 Å². The molecule has 0 saturated carbocycles. The van der Waals surface area contributed by atoms with Crippen molar-refractivity contribution in [3.8, 4) is 5.75 Å². The summed E-state index contributed by atoms with van der Waals surface area (Å²) in [5.41, 5.74) is 12.3. The van der Waals surface area contributed by atoms with Gasteiger partial charge in [-0.15, -0.1) is 0 Å². The molecule has 1 aromatic carbocycles. The van der Waals surface area contributed by atoms with Crippen molar-refractivity contribution in [2.24, 2.45) is 5.73 Å². The van der Waals surface area contributed by atoms with Crippen molar-refractivity contribution in [3.05, 3.63) is 18.2 Å². The standard InChI is InChI=1S/C13H19N3O3/c1-8-13(18)16(7-10(17)4-5-14)11-6-9(15)2-3-12(11)19-8/h2-3,6,8,10,17H,4-5,7,14-15H2,1H3. The van der Waals surface area contributed by atoms with Crippen LogP contribution in [0.1, 0.15) is 13.3 Å². The maximum atomic E-state index is 12.2. The number of hydrogen-bond donors (Lipinski definition) is 3. The number of amides is 1. The Hall–Kier alpha value is -1.79. The first-order valence-electron chi connectivity index (χ1n) is 6.28. The Balaban J connectivity index is 2.30. The third-order valence-electron chi connectivity index (χ3n) is 3.08. The first kappa shape index (κ1) is 13.6. The number of aliphatic hydroxyl groups is 1. The van der Waals surface area contributed by atoms with Crippen LogP contribution in [-0.2, 0) is 4.79 Å². The highest BCUT2D eigenvalue weighted by Gasteiger charge is 2.32. The maximum absolute atomic E-state index is 12.2. The van der Waals surface area contributed by atoms with Crippen LogP contribution in [0, 0.1) is 0 Å². The van der Waals surface area contributed by atoms with E-state index >= 15 is 0 Å². The fraction of sp³-hybridized carbons (Fsp3) is 0.462. The van der Waals surface area contributed by atoms with Crippen LogP contribution in [0.15, 0.2) is 18.2 Å². The van der Waals surface area contributed by atoms with Crippen LogP contribution in [0.2, 0.25) is 0 Å². The molecule has 0 radical (unpaired) electrons. The van der Waals surface area contributed by atoms with Crippen molar-refractivity contribution in [3.63, 3.8) is 0 Å². The van der Waals surface area contributed by atoms with Crippen molar-refractivity contribution in [1.82, 2.24) is 0 Å². The quantitative estimate of drug-likeness (QED) is 0.670. The van der Waals surface area contributed by atoms with E-state index in [0.29, 0.717) is 30.1 Å². The Morgan fingerprint density at radius 1 is 1.53 bits per heavy atom. The Labute approximate surface area is 111 Å². The lowest BCUT2D eigenvalue weighted by Gasteiger charge is -2.34. The monoisotopic (exact) mass is 265 g/mol. The molecule has 5 N–H and O–H groups in total. The molecule has 1 amide bonds. The first-order chi connectivity index (χ1) is 9.02. The molecule has 2 atom stereocenters. The molecule has 1 heterocycles. The van der Waals surface area contributed by atoms with Crippen LogP contribution in [0.3, 0.4) is 0 Å². The number of aliphatic hydroxyl groups excluding tert-OH is 1. The molecule has 1 aromatic rings. The van der Waals surface area contributed by atoms with Gasteiger partial charge in [-0.1, -0.05) is 0 Å². The van der Waals surface area contributed by atoms with E-state index in [9.17, 15) is 9.90 Å². The number of hydrogen-bond acceptors (Lipinski definition) is 5. The summed E-state index contributed by atoms with van der Waals surface area (Å²) < 4.78 is 5.52. The fourth-order valence-electron chi connectivity index (χ4n) is 2.11. The van der Waals surface area contributed by atoms with Crippen molar-refractivity contribution >= 4 is 17.3 Å². The minimum atomic E-state index is -0.659. The Morgan fingerprint density at radius 2 is 2.26 bits per heavy atom. The zero-order valence-electron chi connectivity index (χ0n) is 10.9. The zero-order valence-corrected chi connectivity index (χ0v) is 10.9. The van der Waals surface area contributed by atoms with Gasteiger partial charge in [0, 0.05) is 5.69 Å². The average molecular weight is 265 g/mol. The number of rotatable bonds is 4. The van der Waals surface area contributed by atoms with Gasteiger partial charge >= 0.3 is 0 Å². The van der Waals surface area contributed by atoms with Gasteiger partial charge in [0.25, 0.3) is 5.91 Å². The van der Waals surface area contributed by atoms with E-state index in [1.165, 1.54) is 4.90 Å². The van der Waals surface area contributed by atoms with E-state index in [4.69, 9.17) is 16.2 Å². The van der Waals surface area contributed by atoms with Gasteiger partial charge < -0.3 is 26.2 Å². The highest BCUT2D eigenvalue weighted by atomic mass is 16.5. The van der Waals surface area contributed by atoms with Crippen molar-refractivity contribution < 1.29 is 14.6 Å². The summed E-state index contributed by atoms with van der Waals surface area (Å²) in [6.45, 7) is 2.25. The minimum absolute atomic E-state index is 0.186. The zero-order chi connectivity index (χ0) is 14.0. The van der Waals surface area contributed by atoms with Crippen molar-refractivity contribution in [1.29, 1.82) is 0 Å². The molecule has 0 saturated heterocycles. The Morgan fingerprint density at radius 3 is 2.95 bits per heavy atom. The molecule has 2 rings (SSSR count). The maximum Gasteiger partial charge on any atom is 0.267 e. The summed E-state index contributed by atoms with van der Waals surface area (Å²) in [5.74, 6) is 0.412. The first-order valence-corrected chi connectivity index (χ1v) is 6.28. The van der Waals surface area contributed by atoms with Gasteiger partial charge in [0.1, 0.15) is 5.75 Å². The number of carbonyl (C=O) groups is 1. The van der Waals surface area contributed by atoms with Crippen LogP contribution in [0.25, 0.3) is 0 Å². The van der Waals surface area contributed by atoms with Crippen LogP contribution in [-0.4, -0.2) is 36.3 Å². The second-order valence-corrected chi connectivity index (χ2v) is 4.67. The molecule has 6 nitrogen and oxygen atoms in total. The van der Waals surface area contributed by atoms with Crippen molar-refractivity contribution in [2.45, 2.75) is 25.6 Å². The van der Waals surface area contributed by atoms with E-state index in [2.05, 4.69) is 0 Å². The average Bonchev–Trinajstić information content (AvgIpc) is 2.36. The number of β-amino-alcohol motifs (C(OH)–C–C–N with tert-alkyl or cyclic N) is 1. The number of fused-ring (bicyclic) bond motifs is 1. The molecule has 0 fully saturated rings. The second kappa shape index (κ2) is 5.46. The lowest BCUT2D eigenvalue weighted by molar-refractivity contribution is -0.125. The highest BCUT2D eigenvalue weighted by Crippen LogP contribution is 2.35. The number of benzene rings is 1. The lowest BCUT2D eigenvalue weighted by Crippen LogP contribution is -2.47. The molecule has 0 aromatic heterocycles. The molecule has 1 aliphatic heterocycles. The SMILES string of the molecule is CC1Oc2ccc(N)cc2N(CC(O)CCN)C1=O. The molecular weight excluding hydrogens is 246 g/mol.